The minimum Gasteiger partial charge on any atom is -0.353 e. The molecule has 200 valence electrons. The molecular formula is C27H33F4N5O. The van der Waals surface area contributed by atoms with Crippen LogP contribution in [0, 0.1) is 5.82 Å². The monoisotopic (exact) mass is 519 g/mol. The van der Waals surface area contributed by atoms with Gasteiger partial charge in [0.05, 0.1) is 11.5 Å². The highest BCUT2D eigenvalue weighted by Gasteiger charge is 2.42. The third kappa shape index (κ3) is 5.04. The van der Waals surface area contributed by atoms with Crippen molar-refractivity contribution in [3.63, 3.8) is 0 Å². The number of aryl methyl sites for hydroxylation is 1. The zero-order valence-electron chi connectivity index (χ0n) is 21.4. The van der Waals surface area contributed by atoms with Crippen molar-refractivity contribution in [1.82, 2.24) is 20.2 Å². The van der Waals surface area contributed by atoms with Crippen LogP contribution in [0.1, 0.15) is 74.3 Å². The number of anilines is 1. The Kier molecular flexibility index (Phi) is 6.66. The maximum absolute atomic E-state index is 14.1. The number of carbonyl (C=O) groups excluding carboxylic acids is 1. The van der Waals surface area contributed by atoms with E-state index in [1.165, 1.54) is 11.6 Å². The molecule has 10 heteroatoms. The first-order chi connectivity index (χ1) is 17.4. The van der Waals surface area contributed by atoms with Gasteiger partial charge in [-0.15, -0.1) is 0 Å². The number of nitrogens with zero attached hydrogens (tertiary/aromatic N) is 4. The van der Waals surface area contributed by atoms with Crippen LogP contribution in [0.15, 0.2) is 24.5 Å². The van der Waals surface area contributed by atoms with Crippen LogP contribution in [0.25, 0.3) is 0 Å². The fraction of sp³-hybridized carbons (Fsp3) is 0.593. The third-order valence-corrected chi connectivity index (χ3v) is 8.12. The van der Waals surface area contributed by atoms with E-state index < -0.39 is 23.5 Å². The lowest BCUT2D eigenvalue weighted by Crippen LogP contribution is -2.53. The Labute approximate surface area is 214 Å². The standard InChI is InChI=1S/C27H33F4N5O/c1-16-4-7-20-22(16)24(33-15-32-20)35-10-12-36(13-11-35)25(37)23(21-8-9-26(2,3)34-21)17-5-6-19(28)18(14-17)27(29,30)31/h5-6,14-16,21,23,34H,4,7-13H2,1-3H3/t16-,21+,23+/m1/s1. The highest BCUT2D eigenvalue weighted by molar-refractivity contribution is 5.85. The molecule has 2 aromatic rings. The van der Waals surface area contributed by atoms with Gasteiger partial charge in [-0.25, -0.2) is 14.4 Å². The van der Waals surface area contributed by atoms with Crippen LogP contribution in [0.2, 0.25) is 0 Å². The smallest absolute Gasteiger partial charge is 0.353 e. The molecule has 0 spiro atoms. The molecule has 5 rings (SSSR count). The summed E-state index contributed by atoms with van der Waals surface area (Å²) in [5.74, 6) is -1.09. The summed E-state index contributed by atoms with van der Waals surface area (Å²) in [6, 6.07) is 2.63. The molecule has 1 N–H and O–H groups in total. The lowest BCUT2D eigenvalue weighted by atomic mass is 9.87. The van der Waals surface area contributed by atoms with Crippen molar-refractivity contribution in [2.75, 3.05) is 31.1 Å². The van der Waals surface area contributed by atoms with Crippen LogP contribution in [0.3, 0.4) is 0 Å². The highest BCUT2D eigenvalue weighted by Crippen LogP contribution is 2.39. The number of halogens is 4. The Morgan fingerprint density at radius 1 is 1.14 bits per heavy atom. The molecule has 1 aromatic heterocycles. The highest BCUT2D eigenvalue weighted by atomic mass is 19.4. The molecule has 2 fully saturated rings. The van der Waals surface area contributed by atoms with E-state index in [0.29, 0.717) is 38.5 Å². The minimum atomic E-state index is -4.84. The quantitative estimate of drug-likeness (QED) is 0.596. The number of piperazine rings is 1. The fourth-order valence-corrected chi connectivity index (χ4v) is 6.12. The Morgan fingerprint density at radius 3 is 2.51 bits per heavy atom. The van der Waals surface area contributed by atoms with Gasteiger partial charge in [0, 0.05) is 49.0 Å². The number of rotatable bonds is 4. The average Bonchev–Trinajstić information content (AvgIpc) is 3.41. The molecule has 3 heterocycles. The van der Waals surface area contributed by atoms with Crippen LogP contribution < -0.4 is 10.2 Å². The summed E-state index contributed by atoms with van der Waals surface area (Å²) in [5.41, 5.74) is 0.889. The average molecular weight is 520 g/mol. The normalized spacial score (nSPS) is 24.3. The summed E-state index contributed by atoms with van der Waals surface area (Å²) in [5, 5.41) is 3.44. The first-order valence-electron chi connectivity index (χ1n) is 13.0. The summed E-state index contributed by atoms with van der Waals surface area (Å²) in [6.07, 6.45) is 0.182. The van der Waals surface area contributed by atoms with Gasteiger partial charge in [0.2, 0.25) is 5.91 Å². The van der Waals surface area contributed by atoms with Crippen molar-refractivity contribution >= 4 is 11.7 Å². The third-order valence-electron chi connectivity index (χ3n) is 8.12. The number of hydrogen-bond donors (Lipinski definition) is 1. The van der Waals surface area contributed by atoms with Crippen LogP contribution in [0.5, 0.6) is 0 Å². The predicted octanol–water partition coefficient (Wildman–Crippen LogP) is 4.65. The summed E-state index contributed by atoms with van der Waals surface area (Å²) in [4.78, 5) is 26.8. The molecule has 6 nitrogen and oxygen atoms in total. The van der Waals surface area contributed by atoms with Crippen molar-refractivity contribution in [2.45, 2.75) is 76.0 Å². The molecule has 0 unspecified atom stereocenters. The number of aromatic nitrogens is 2. The summed E-state index contributed by atoms with van der Waals surface area (Å²) in [6.45, 7) is 8.24. The Bertz CT molecular complexity index is 1180. The number of amides is 1. The first-order valence-corrected chi connectivity index (χ1v) is 13.0. The van der Waals surface area contributed by atoms with Crippen LogP contribution in [-0.4, -0.2) is 58.5 Å². The molecule has 0 bridgehead atoms. The second-order valence-electron chi connectivity index (χ2n) is 11.2. The van der Waals surface area contributed by atoms with Gasteiger partial charge in [-0.3, -0.25) is 4.79 Å². The van der Waals surface area contributed by atoms with Crippen molar-refractivity contribution in [3.8, 4) is 0 Å². The maximum Gasteiger partial charge on any atom is 0.419 e. The van der Waals surface area contributed by atoms with E-state index in [2.05, 4.69) is 27.1 Å². The first kappa shape index (κ1) is 25.9. The molecular weight excluding hydrogens is 486 g/mol. The lowest BCUT2D eigenvalue weighted by molar-refractivity contribution is -0.140. The van der Waals surface area contributed by atoms with Crippen LogP contribution in [0.4, 0.5) is 23.4 Å². The van der Waals surface area contributed by atoms with Gasteiger partial charge >= 0.3 is 6.18 Å². The Balaban J connectivity index is 1.39. The zero-order chi connectivity index (χ0) is 26.5. The number of nitrogens with one attached hydrogen (secondary N) is 1. The van der Waals surface area contributed by atoms with Crippen LogP contribution >= 0.6 is 0 Å². The summed E-state index contributed by atoms with van der Waals surface area (Å²) >= 11 is 0. The van der Waals surface area contributed by atoms with Gasteiger partial charge in [-0.2, -0.15) is 13.2 Å². The molecule has 2 aliphatic heterocycles. The van der Waals surface area contributed by atoms with Crippen molar-refractivity contribution in [1.29, 1.82) is 0 Å². The summed E-state index contributed by atoms with van der Waals surface area (Å²) < 4.78 is 54.6. The Morgan fingerprint density at radius 2 is 1.86 bits per heavy atom. The van der Waals surface area contributed by atoms with E-state index in [-0.39, 0.29) is 23.1 Å². The van der Waals surface area contributed by atoms with Crippen molar-refractivity contribution in [2.24, 2.45) is 0 Å². The molecule has 3 aliphatic rings. The molecule has 1 amide bonds. The molecule has 1 aromatic carbocycles. The topological polar surface area (TPSA) is 61.4 Å². The maximum atomic E-state index is 14.1. The van der Waals surface area contributed by atoms with Crippen LogP contribution in [-0.2, 0) is 17.4 Å². The largest absolute Gasteiger partial charge is 0.419 e. The number of benzene rings is 1. The van der Waals surface area contributed by atoms with E-state index in [1.807, 2.05) is 13.8 Å². The molecule has 37 heavy (non-hydrogen) atoms. The second-order valence-corrected chi connectivity index (χ2v) is 11.2. The van der Waals surface area contributed by atoms with Crippen molar-refractivity contribution < 1.29 is 22.4 Å². The number of alkyl halides is 3. The van der Waals surface area contributed by atoms with Gasteiger partial charge in [0.15, 0.2) is 0 Å². The van der Waals surface area contributed by atoms with E-state index in [4.69, 9.17) is 0 Å². The van der Waals surface area contributed by atoms with E-state index in [9.17, 15) is 22.4 Å². The van der Waals surface area contributed by atoms with Gasteiger partial charge in [-0.1, -0.05) is 13.0 Å². The number of carbonyl (C=O) groups is 1. The van der Waals surface area contributed by atoms with Gasteiger partial charge < -0.3 is 15.1 Å². The Hall–Kier alpha value is -2.75. The molecule has 2 saturated heterocycles. The molecule has 0 radical (unpaired) electrons. The lowest BCUT2D eigenvalue weighted by Gasteiger charge is -2.39. The minimum absolute atomic E-state index is 0.193. The SMILES string of the molecule is C[C@@H]1CCc2ncnc(N3CCN(C(=O)[C@@H](c4ccc(F)c(C(F)(F)F)c4)[C@@H]4CCC(C)(C)N4)CC3)c21. The summed E-state index contributed by atoms with van der Waals surface area (Å²) in [7, 11) is 0. The van der Waals surface area contributed by atoms with Gasteiger partial charge in [0.1, 0.15) is 18.0 Å². The number of hydrogen-bond acceptors (Lipinski definition) is 5. The van der Waals surface area contributed by atoms with Gasteiger partial charge in [0.25, 0.3) is 0 Å². The molecule has 3 atom stereocenters. The predicted molar refractivity (Wildman–Crippen MR) is 132 cm³/mol. The zero-order valence-corrected chi connectivity index (χ0v) is 21.4. The molecule has 0 saturated carbocycles. The molecule has 1 aliphatic carbocycles. The number of fused-ring (bicyclic) bond motifs is 1. The van der Waals surface area contributed by atoms with Crippen molar-refractivity contribution in [3.05, 3.63) is 52.7 Å². The van der Waals surface area contributed by atoms with E-state index in [0.717, 1.165) is 42.9 Å². The fourth-order valence-electron chi connectivity index (χ4n) is 6.12. The van der Waals surface area contributed by atoms with Gasteiger partial charge in [-0.05, 0) is 63.1 Å². The van der Waals surface area contributed by atoms with E-state index in [1.54, 1.807) is 11.2 Å². The van der Waals surface area contributed by atoms with E-state index >= 15 is 0 Å². The second kappa shape index (κ2) is 9.53.